The highest BCUT2D eigenvalue weighted by Crippen LogP contribution is 2.37. The van der Waals surface area contributed by atoms with Crippen molar-refractivity contribution in [3.05, 3.63) is 65.2 Å². The molecule has 2 aromatic carbocycles. The van der Waals surface area contributed by atoms with Crippen LogP contribution in [0.25, 0.3) is 10.9 Å². The SMILES string of the molecule is CCOC(=O)c1c(SCCF)nc2cc(F)c(F)cc2c1OC(=O)[C@H](C)NC(=O)OCc1ccccc1. The largest absolute Gasteiger partial charge is 0.462 e. The lowest BCUT2D eigenvalue weighted by Gasteiger charge is -2.18. The van der Waals surface area contributed by atoms with Gasteiger partial charge in [-0.2, -0.15) is 0 Å². The summed E-state index contributed by atoms with van der Waals surface area (Å²) in [5, 5.41) is 2.01. The molecule has 196 valence electrons. The number of fused-ring (bicyclic) bond motifs is 1. The van der Waals surface area contributed by atoms with Gasteiger partial charge in [0.2, 0.25) is 0 Å². The second-order valence-corrected chi connectivity index (χ2v) is 8.59. The van der Waals surface area contributed by atoms with E-state index in [1.54, 1.807) is 30.3 Å². The Morgan fingerprint density at radius 2 is 1.78 bits per heavy atom. The summed E-state index contributed by atoms with van der Waals surface area (Å²) in [6, 6.07) is 9.05. The normalized spacial score (nSPS) is 11.6. The van der Waals surface area contributed by atoms with E-state index < -0.39 is 48.1 Å². The summed E-state index contributed by atoms with van der Waals surface area (Å²) in [4.78, 5) is 41.9. The maximum Gasteiger partial charge on any atom is 0.408 e. The van der Waals surface area contributed by atoms with Gasteiger partial charge in [-0.05, 0) is 25.5 Å². The summed E-state index contributed by atoms with van der Waals surface area (Å²) in [5.74, 6) is -5.08. The molecule has 0 saturated carbocycles. The van der Waals surface area contributed by atoms with E-state index in [4.69, 9.17) is 14.2 Å². The van der Waals surface area contributed by atoms with E-state index in [2.05, 4.69) is 10.3 Å². The Morgan fingerprint density at radius 3 is 2.46 bits per heavy atom. The summed E-state index contributed by atoms with van der Waals surface area (Å²) in [6.07, 6.45) is -0.911. The number of hydrogen-bond acceptors (Lipinski definition) is 8. The number of carbonyl (C=O) groups is 3. The molecular formula is C25H23F3N2O6S. The number of alkyl halides is 1. The standard InChI is InChI=1S/C25H23F3N2O6S/c1-3-34-24(32)20-21(16-11-17(27)18(28)12-19(16)30-22(20)37-10-9-26)36-23(31)14(2)29-25(33)35-13-15-7-5-4-6-8-15/h4-8,11-12,14H,3,9-10,13H2,1-2H3,(H,29,33)/t14-/m0/s1. The molecule has 1 aromatic heterocycles. The number of esters is 2. The zero-order valence-corrected chi connectivity index (χ0v) is 20.7. The van der Waals surface area contributed by atoms with Crippen LogP contribution in [0.1, 0.15) is 29.8 Å². The van der Waals surface area contributed by atoms with Crippen molar-refractivity contribution in [1.82, 2.24) is 10.3 Å². The first-order chi connectivity index (χ1) is 17.7. The third kappa shape index (κ3) is 7.13. The lowest BCUT2D eigenvalue weighted by Crippen LogP contribution is -2.41. The predicted molar refractivity (Wildman–Crippen MR) is 129 cm³/mol. The molecule has 0 spiro atoms. The van der Waals surface area contributed by atoms with Crippen molar-refractivity contribution in [2.75, 3.05) is 19.0 Å². The van der Waals surface area contributed by atoms with Gasteiger partial charge in [0.15, 0.2) is 17.4 Å². The van der Waals surface area contributed by atoms with Crippen LogP contribution in [0, 0.1) is 11.6 Å². The van der Waals surface area contributed by atoms with Crippen molar-refractivity contribution in [3.8, 4) is 5.75 Å². The van der Waals surface area contributed by atoms with E-state index >= 15 is 0 Å². The third-order valence-electron chi connectivity index (χ3n) is 4.84. The third-order valence-corrected chi connectivity index (χ3v) is 5.77. The minimum Gasteiger partial charge on any atom is -0.462 e. The maximum absolute atomic E-state index is 14.1. The number of pyridine rings is 1. The number of halogens is 3. The van der Waals surface area contributed by atoms with Crippen molar-refractivity contribution in [3.63, 3.8) is 0 Å². The highest BCUT2D eigenvalue weighted by molar-refractivity contribution is 7.99. The molecule has 3 aromatic rings. The van der Waals surface area contributed by atoms with E-state index in [-0.39, 0.29) is 40.5 Å². The quantitative estimate of drug-likeness (QED) is 0.286. The van der Waals surface area contributed by atoms with Gasteiger partial charge in [0.05, 0.1) is 18.8 Å². The van der Waals surface area contributed by atoms with Gasteiger partial charge in [-0.1, -0.05) is 30.3 Å². The van der Waals surface area contributed by atoms with Crippen molar-refractivity contribution in [1.29, 1.82) is 0 Å². The Balaban J connectivity index is 1.91. The Morgan fingerprint density at radius 1 is 1.08 bits per heavy atom. The number of nitrogens with one attached hydrogen (secondary N) is 1. The number of alkyl carbamates (subject to hydrolysis) is 1. The highest BCUT2D eigenvalue weighted by atomic mass is 32.2. The van der Waals surface area contributed by atoms with Crippen LogP contribution < -0.4 is 10.1 Å². The Hall–Kier alpha value is -3.80. The van der Waals surface area contributed by atoms with Gasteiger partial charge in [0, 0.05) is 17.2 Å². The monoisotopic (exact) mass is 536 g/mol. The Bertz CT molecular complexity index is 1290. The first-order valence-electron chi connectivity index (χ1n) is 11.1. The number of rotatable bonds is 10. The average Bonchev–Trinajstić information content (AvgIpc) is 2.87. The van der Waals surface area contributed by atoms with Crippen LogP contribution in [-0.2, 0) is 20.9 Å². The van der Waals surface area contributed by atoms with Crippen molar-refractivity contribution < 1.29 is 41.8 Å². The smallest absolute Gasteiger partial charge is 0.408 e. The number of amides is 1. The van der Waals surface area contributed by atoms with Crippen LogP contribution in [0.5, 0.6) is 5.75 Å². The molecule has 0 bridgehead atoms. The number of benzene rings is 2. The average molecular weight is 537 g/mol. The van der Waals surface area contributed by atoms with Gasteiger partial charge < -0.3 is 19.5 Å². The summed E-state index contributed by atoms with van der Waals surface area (Å²) in [6.45, 7) is 1.97. The summed E-state index contributed by atoms with van der Waals surface area (Å²) >= 11 is 0.807. The lowest BCUT2D eigenvalue weighted by atomic mass is 10.1. The van der Waals surface area contributed by atoms with Gasteiger partial charge in [-0.3, -0.25) is 4.39 Å². The molecule has 0 fully saturated rings. The van der Waals surface area contributed by atoms with Crippen molar-refractivity contribution >= 4 is 40.7 Å². The first-order valence-corrected chi connectivity index (χ1v) is 12.1. The van der Waals surface area contributed by atoms with E-state index in [1.165, 1.54) is 13.8 Å². The lowest BCUT2D eigenvalue weighted by molar-refractivity contribution is -0.136. The summed E-state index contributed by atoms with van der Waals surface area (Å²) < 4.78 is 56.5. The molecule has 8 nitrogen and oxygen atoms in total. The molecule has 1 heterocycles. The van der Waals surface area contributed by atoms with Crippen LogP contribution in [0.3, 0.4) is 0 Å². The van der Waals surface area contributed by atoms with Crippen LogP contribution in [0.15, 0.2) is 47.5 Å². The number of ether oxygens (including phenoxy) is 3. The molecule has 37 heavy (non-hydrogen) atoms. The molecular weight excluding hydrogens is 513 g/mol. The zero-order valence-electron chi connectivity index (χ0n) is 19.9. The van der Waals surface area contributed by atoms with Gasteiger partial charge in [0.25, 0.3) is 0 Å². The summed E-state index contributed by atoms with van der Waals surface area (Å²) in [7, 11) is 0. The molecule has 1 atom stereocenters. The molecule has 1 amide bonds. The second-order valence-electron chi connectivity index (χ2n) is 7.51. The predicted octanol–water partition coefficient (Wildman–Crippen LogP) is 4.97. The minimum atomic E-state index is -1.28. The van der Waals surface area contributed by atoms with Gasteiger partial charge in [-0.15, -0.1) is 11.8 Å². The van der Waals surface area contributed by atoms with Crippen molar-refractivity contribution in [2.45, 2.75) is 31.5 Å². The minimum absolute atomic E-state index is 0.0452. The molecule has 0 unspecified atom stereocenters. The molecule has 0 aliphatic heterocycles. The van der Waals surface area contributed by atoms with Crippen LogP contribution in [0.2, 0.25) is 0 Å². The maximum atomic E-state index is 14.1. The Kier molecular flexibility index (Phi) is 9.72. The highest BCUT2D eigenvalue weighted by Gasteiger charge is 2.29. The topological polar surface area (TPSA) is 104 Å². The Labute approximate surface area is 214 Å². The number of thioether (sulfide) groups is 1. The number of carbonyl (C=O) groups excluding carboxylic acids is 3. The van der Waals surface area contributed by atoms with Gasteiger partial charge in [0.1, 0.15) is 23.2 Å². The number of aromatic nitrogens is 1. The molecule has 1 N–H and O–H groups in total. The van der Waals surface area contributed by atoms with E-state index in [1.807, 2.05) is 0 Å². The summed E-state index contributed by atoms with van der Waals surface area (Å²) in [5.41, 5.74) is 0.229. The second kappa shape index (κ2) is 12.9. The van der Waals surface area contributed by atoms with E-state index in [0.29, 0.717) is 0 Å². The molecule has 3 rings (SSSR count). The van der Waals surface area contributed by atoms with Crippen LogP contribution in [-0.4, -0.2) is 48.1 Å². The fourth-order valence-corrected chi connectivity index (χ4v) is 3.88. The van der Waals surface area contributed by atoms with Gasteiger partial charge >= 0.3 is 18.0 Å². The van der Waals surface area contributed by atoms with Crippen LogP contribution in [0.4, 0.5) is 18.0 Å². The van der Waals surface area contributed by atoms with Crippen molar-refractivity contribution in [2.24, 2.45) is 0 Å². The fourth-order valence-electron chi connectivity index (χ4n) is 3.13. The number of hydrogen-bond donors (Lipinski definition) is 1. The first kappa shape index (κ1) is 27.8. The molecule has 12 heteroatoms. The number of nitrogens with zero attached hydrogens (tertiary/aromatic N) is 1. The fraction of sp³-hybridized carbons (Fsp3) is 0.280. The molecule has 0 aliphatic carbocycles. The molecule has 0 radical (unpaired) electrons. The van der Waals surface area contributed by atoms with E-state index in [9.17, 15) is 27.6 Å². The molecule has 0 aliphatic rings. The van der Waals surface area contributed by atoms with Crippen LogP contribution >= 0.6 is 11.8 Å². The van der Waals surface area contributed by atoms with E-state index in [0.717, 1.165) is 29.5 Å². The van der Waals surface area contributed by atoms with Gasteiger partial charge in [-0.25, -0.2) is 28.1 Å². The molecule has 0 saturated heterocycles. The zero-order chi connectivity index (χ0) is 26.9.